The lowest BCUT2D eigenvalue weighted by atomic mass is 10.0. The van der Waals surface area contributed by atoms with Crippen molar-refractivity contribution in [2.24, 2.45) is 0 Å². The smallest absolute Gasteiger partial charge is 0.230 e. The van der Waals surface area contributed by atoms with E-state index in [0.717, 1.165) is 49.2 Å². The van der Waals surface area contributed by atoms with Crippen molar-refractivity contribution in [2.45, 2.75) is 54.0 Å². The number of rotatable bonds is 7. The van der Waals surface area contributed by atoms with Crippen LogP contribution in [0.15, 0.2) is 40.4 Å². The van der Waals surface area contributed by atoms with E-state index >= 15 is 0 Å². The summed E-state index contributed by atoms with van der Waals surface area (Å²) in [5.74, 6) is -1.74. The second kappa shape index (κ2) is 9.62. The maximum Gasteiger partial charge on any atom is 0.230 e. The molecule has 1 aromatic carbocycles. The van der Waals surface area contributed by atoms with E-state index in [9.17, 15) is 22.0 Å². The fourth-order valence-electron chi connectivity index (χ4n) is 3.19. The molecule has 1 saturated carbocycles. The monoisotopic (exact) mass is 441 g/mol. The van der Waals surface area contributed by atoms with Crippen molar-refractivity contribution in [2.75, 3.05) is 5.75 Å². The number of benzene rings is 1. The van der Waals surface area contributed by atoms with Crippen LogP contribution in [0.4, 0.5) is 8.78 Å². The van der Waals surface area contributed by atoms with Crippen LogP contribution >= 0.6 is 11.8 Å². The zero-order valence-corrected chi connectivity index (χ0v) is 17.2. The lowest BCUT2D eigenvalue weighted by Crippen LogP contribution is -2.25. The average Bonchev–Trinajstić information content (AvgIpc) is 2.71. The van der Waals surface area contributed by atoms with Gasteiger partial charge in [-0.3, -0.25) is 4.79 Å². The van der Waals surface area contributed by atoms with Crippen molar-refractivity contribution in [1.82, 2.24) is 15.5 Å². The van der Waals surface area contributed by atoms with Gasteiger partial charge in [0.1, 0.15) is 16.7 Å². The van der Waals surface area contributed by atoms with E-state index in [1.165, 1.54) is 12.1 Å². The highest BCUT2D eigenvalue weighted by Gasteiger charge is 2.30. The van der Waals surface area contributed by atoms with Crippen molar-refractivity contribution in [1.29, 1.82) is 0 Å². The molecule has 1 amide bonds. The van der Waals surface area contributed by atoms with Gasteiger partial charge in [-0.2, -0.15) is 0 Å². The number of hydrogen-bond donors (Lipinski definition) is 1. The Kier molecular flexibility index (Phi) is 7.18. The topological polar surface area (TPSA) is 89.0 Å². The van der Waals surface area contributed by atoms with Crippen molar-refractivity contribution in [3.63, 3.8) is 0 Å². The Hall–Kier alpha value is -2.07. The van der Waals surface area contributed by atoms with Gasteiger partial charge in [-0.15, -0.1) is 10.2 Å². The molecule has 0 unspecified atom stereocenters. The molecule has 156 valence electrons. The molecule has 6 nitrogen and oxygen atoms in total. The van der Waals surface area contributed by atoms with E-state index in [1.54, 1.807) is 0 Å². The summed E-state index contributed by atoms with van der Waals surface area (Å²) in [6.07, 6.45) is 4.17. The molecule has 1 N–H and O–H groups in total. The first kappa shape index (κ1) is 21.6. The largest absolute Gasteiger partial charge is 0.351 e. The number of aromatic nitrogens is 2. The van der Waals surface area contributed by atoms with Gasteiger partial charge in [-0.25, -0.2) is 17.2 Å². The van der Waals surface area contributed by atoms with Crippen LogP contribution in [0.3, 0.4) is 0 Å². The van der Waals surface area contributed by atoms with Crippen LogP contribution in [-0.4, -0.2) is 35.5 Å². The van der Waals surface area contributed by atoms with Crippen LogP contribution < -0.4 is 5.32 Å². The standard InChI is InChI=1S/C19H21F2N3O3S2/c20-14-8-13(9-15(21)10-14)11-22-17(25)12-28-18-6-7-19(24-23-18)29(26,27)16-4-2-1-3-5-16/h6-10,16H,1-5,11-12H2,(H,22,25). The second-order valence-corrected chi connectivity index (χ2v) is 10.0. The molecule has 0 bridgehead atoms. The molecular formula is C19H21F2N3O3S2. The van der Waals surface area contributed by atoms with E-state index in [1.807, 2.05) is 0 Å². The Morgan fingerprint density at radius 2 is 1.76 bits per heavy atom. The Labute approximate surface area is 172 Å². The van der Waals surface area contributed by atoms with E-state index in [4.69, 9.17) is 0 Å². The number of sulfone groups is 1. The minimum absolute atomic E-state index is 0.00166. The quantitative estimate of drug-likeness (QED) is 0.664. The van der Waals surface area contributed by atoms with E-state index in [2.05, 4.69) is 15.5 Å². The van der Waals surface area contributed by atoms with Gasteiger partial charge in [0.2, 0.25) is 5.91 Å². The van der Waals surface area contributed by atoms with E-state index in [0.29, 0.717) is 23.4 Å². The Bertz CT molecular complexity index is 943. The molecule has 29 heavy (non-hydrogen) atoms. The van der Waals surface area contributed by atoms with Crippen LogP contribution in [0.1, 0.15) is 37.7 Å². The van der Waals surface area contributed by atoms with E-state index in [-0.39, 0.29) is 23.2 Å². The third-order valence-corrected chi connectivity index (χ3v) is 7.73. The highest BCUT2D eigenvalue weighted by Crippen LogP contribution is 2.28. The molecule has 0 radical (unpaired) electrons. The summed E-state index contributed by atoms with van der Waals surface area (Å²) in [6, 6.07) is 6.01. The molecule has 2 aromatic rings. The van der Waals surface area contributed by atoms with Gasteiger partial charge in [-0.05, 0) is 42.7 Å². The average molecular weight is 442 g/mol. The Morgan fingerprint density at radius 1 is 1.07 bits per heavy atom. The summed E-state index contributed by atoms with van der Waals surface area (Å²) in [6.45, 7) is -0.00166. The Morgan fingerprint density at radius 3 is 2.38 bits per heavy atom. The highest BCUT2D eigenvalue weighted by atomic mass is 32.2. The molecule has 1 aromatic heterocycles. The molecule has 0 spiro atoms. The van der Waals surface area contributed by atoms with Crippen LogP contribution in [0.25, 0.3) is 0 Å². The number of thioether (sulfide) groups is 1. The number of hydrogen-bond acceptors (Lipinski definition) is 6. The molecule has 0 saturated heterocycles. The zero-order chi connectivity index (χ0) is 20.9. The minimum Gasteiger partial charge on any atom is -0.351 e. The molecular weight excluding hydrogens is 420 g/mol. The summed E-state index contributed by atoms with van der Waals surface area (Å²) in [4.78, 5) is 11.9. The summed E-state index contributed by atoms with van der Waals surface area (Å²) in [5, 5.41) is 10.3. The van der Waals surface area contributed by atoms with Crippen molar-refractivity contribution >= 4 is 27.5 Å². The van der Waals surface area contributed by atoms with Gasteiger partial charge in [0.25, 0.3) is 0 Å². The van der Waals surface area contributed by atoms with Crippen molar-refractivity contribution in [3.8, 4) is 0 Å². The zero-order valence-electron chi connectivity index (χ0n) is 15.6. The number of amides is 1. The molecule has 1 fully saturated rings. The summed E-state index contributed by atoms with van der Waals surface area (Å²) < 4.78 is 51.5. The maximum atomic E-state index is 13.1. The van der Waals surface area contributed by atoms with Gasteiger partial charge in [-0.1, -0.05) is 31.0 Å². The lowest BCUT2D eigenvalue weighted by Gasteiger charge is -2.20. The van der Waals surface area contributed by atoms with Gasteiger partial charge < -0.3 is 5.32 Å². The molecule has 3 rings (SSSR count). The summed E-state index contributed by atoms with van der Waals surface area (Å²) in [7, 11) is -3.48. The minimum atomic E-state index is -3.48. The number of carbonyl (C=O) groups excluding carboxylic acids is 1. The van der Waals surface area contributed by atoms with Gasteiger partial charge in [0.15, 0.2) is 14.9 Å². The first-order valence-electron chi connectivity index (χ1n) is 9.27. The SMILES string of the molecule is O=C(CSc1ccc(S(=O)(=O)C2CCCCC2)nn1)NCc1cc(F)cc(F)c1. The molecule has 10 heteroatoms. The molecule has 1 heterocycles. The highest BCUT2D eigenvalue weighted by molar-refractivity contribution is 7.99. The fraction of sp³-hybridized carbons (Fsp3) is 0.421. The summed E-state index contributed by atoms with van der Waals surface area (Å²) in [5.41, 5.74) is 0.318. The lowest BCUT2D eigenvalue weighted by molar-refractivity contribution is -0.118. The predicted octanol–water partition coefficient (Wildman–Crippen LogP) is 3.27. The van der Waals surface area contributed by atoms with Crippen LogP contribution in [0, 0.1) is 11.6 Å². The fourth-order valence-corrected chi connectivity index (χ4v) is 5.54. The molecule has 1 aliphatic carbocycles. The van der Waals surface area contributed by atoms with Crippen molar-refractivity contribution < 1.29 is 22.0 Å². The van der Waals surface area contributed by atoms with Crippen LogP contribution in [0.5, 0.6) is 0 Å². The third kappa shape index (κ3) is 5.96. The predicted molar refractivity (Wildman–Crippen MR) is 105 cm³/mol. The normalized spacial score (nSPS) is 15.2. The number of nitrogens with one attached hydrogen (secondary N) is 1. The maximum absolute atomic E-state index is 13.1. The van der Waals surface area contributed by atoms with Crippen LogP contribution in [0.2, 0.25) is 0 Å². The molecule has 1 aliphatic rings. The molecule has 0 atom stereocenters. The molecule has 0 aliphatic heterocycles. The van der Waals surface area contributed by atoms with Crippen LogP contribution in [-0.2, 0) is 21.2 Å². The Balaban J connectivity index is 1.51. The van der Waals surface area contributed by atoms with E-state index < -0.39 is 26.7 Å². The summed E-state index contributed by atoms with van der Waals surface area (Å²) >= 11 is 1.10. The second-order valence-electron chi connectivity index (χ2n) is 6.86. The van der Waals surface area contributed by atoms with Crippen molar-refractivity contribution in [3.05, 3.63) is 47.5 Å². The van der Waals surface area contributed by atoms with Gasteiger partial charge in [0.05, 0.1) is 11.0 Å². The number of halogens is 2. The van der Waals surface area contributed by atoms with Gasteiger partial charge in [0, 0.05) is 12.6 Å². The number of carbonyl (C=O) groups is 1. The number of nitrogens with zero attached hydrogens (tertiary/aromatic N) is 2. The first-order chi connectivity index (χ1) is 13.8. The third-order valence-electron chi connectivity index (χ3n) is 4.66. The first-order valence-corrected chi connectivity index (χ1v) is 11.8. The van der Waals surface area contributed by atoms with Gasteiger partial charge >= 0.3 is 0 Å².